The molecule has 0 spiro atoms. The fourth-order valence-electron chi connectivity index (χ4n) is 4.13. The predicted octanol–water partition coefficient (Wildman–Crippen LogP) is 1.86. The Labute approximate surface area is 152 Å². The van der Waals surface area contributed by atoms with Crippen molar-refractivity contribution in [3.63, 3.8) is 0 Å². The molecule has 0 radical (unpaired) electrons. The quantitative estimate of drug-likeness (QED) is 0.621. The smallest absolute Gasteiger partial charge is 0.251 e. The lowest BCUT2D eigenvalue weighted by Crippen LogP contribution is -2.55. The number of nitrogens with one attached hydrogen (secondary N) is 1. The summed E-state index contributed by atoms with van der Waals surface area (Å²) in [6.45, 7) is 7.93. The second kappa shape index (κ2) is 9.41. The Hall–Kier alpha value is -1.30. The van der Waals surface area contributed by atoms with E-state index in [1.54, 1.807) is 0 Å². The molecule has 142 valence electrons. The topological polar surface area (TPSA) is 57.2 Å². The molecule has 1 saturated carbocycles. The van der Waals surface area contributed by atoms with Gasteiger partial charge in [-0.25, -0.2) is 0 Å². The number of ether oxygens (including phenoxy) is 1. The van der Waals surface area contributed by atoms with Crippen LogP contribution >= 0.6 is 0 Å². The van der Waals surface area contributed by atoms with Gasteiger partial charge in [0.05, 0.1) is 0 Å². The summed E-state index contributed by atoms with van der Waals surface area (Å²) in [6, 6.07) is 0. The molecule has 0 bridgehead atoms. The van der Waals surface area contributed by atoms with Crippen molar-refractivity contribution in [2.75, 3.05) is 45.9 Å². The summed E-state index contributed by atoms with van der Waals surface area (Å²) < 4.78 is 5.55. The first-order chi connectivity index (χ1) is 12.3. The summed E-state index contributed by atoms with van der Waals surface area (Å²) in [7, 11) is 0. The van der Waals surface area contributed by atoms with Gasteiger partial charge in [-0.05, 0) is 38.5 Å². The highest BCUT2D eigenvalue weighted by atomic mass is 16.5. The van der Waals surface area contributed by atoms with E-state index in [9.17, 15) is 4.79 Å². The molecule has 25 heavy (non-hydrogen) atoms. The minimum Gasteiger partial charge on any atom is -0.368 e. The molecular formula is C19H34N4O2. The second-order valence-corrected chi connectivity index (χ2v) is 7.51. The largest absolute Gasteiger partial charge is 0.368 e. The summed E-state index contributed by atoms with van der Waals surface area (Å²) in [5.41, 5.74) is 0. The first-order valence-electron chi connectivity index (χ1n) is 10.2. The summed E-state index contributed by atoms with van der Waals surface area (Å²) in [5.74, 6) is 1.96. The third kappa shape index (κ3) is 5.09. The number of hydrogen-bond donors (Lipinski definition) is 1. The van der Waals surface area contributed by atoms with E-state index in [4.69, 9.17) is 9.73 Å². The summed E-state index contributed by atoms with van der Waals surface area (Å²) in [6.07, 6.45) is 8.46. The van der Waals surface area contributed by atoms with Crippen LogP contribution in [0.15, 0.2) is 4.99 Å². The minimum atomic E-state index is -0.195. The third-order valence-electron chi connectivity index (χ3n) is 5.65. The lowest BCUT2D eigenvalue weighted by molar-refractivity contribution is -0.142. The molecule has 1 aliphatic carbocycles. The van der Waals surface area contributed by atoms with Gasteiger partial charge in [0.25, 0.3) is 5.91 Å². The zero-order chi connectivity index (χ0) is 17.5. The van der Waals surface area contributed by atoms with E-state index in [1.807, 2.05) is 4.90 Å². The van der Waals surface area contributed by atoms with Gasteiger partial charge >= 0.3 is 0 Å². The van der Waals surface area contributed by atoms with Crippen molar-refractivity contribution in [2.24, 2.45) is 10.9 Å². The van der Waals surface area contributed by atoms with Gasteiger partial charge in [-0.1, -0.05) is 19.3 Å². The number of guanidine groups is 1. The van der Waals surface area contributed by atoms with Crippen LogP contribution in [0, 0.1) is 5.92 Å². The van der Waals surface area contributed by atoms with Gasteiger partial charge < -0.3 is 19.9 Å². The highest BCUT2D eigenvalue weighted by Crippen LogP contribution is 2.23. The van der Waals surface area contributed by atoms with Crippen molar-refractivity contribution in [2.45, 2.75) is 58.0 Å². The van der Waals surface area contributed by atoms with Gasteiger partial charge in [-0.3, -0.25) is 9.79 Å². The monoisotopic (exact) mass is 350 g/mol. The van der Waals surface area contributed by atoms with Crippen LogP contribution in [0.3, 0.4) is 0 Å². The molecule has 2 aliphatic heterocycles. The number of amides is 1. The van der Waals surface area contributed by atoms with Crippen molar-refractivity contribution in [1.82, 2.24) is 15.1 Å². The number of carbonyl (C=O) groups is 1. The molecule has 0 aromatic heterocycles. The van der Waals surface area contributed by atoms with Crippen LogP contribution in [0.1, 0.15) is 51.9 Å². The SMILES string of the molecule is CCNC(=NCC1CCCCC1)N1CCN(C(=O)C2CCCO2)CC1. The molecule has 2 heterocycles. The number of aliphatic imine (C=N–C) groups is 1. The first-order valence-corrected chi connectivity index (χ1v) is 10.2. The maximum atomic E-state index is 12.5. The Balaban J connectivity index is 1.50. The maximum Gasteiger partial charge on any atom is 0.251 e. The van der Waals surface area contributed by atoms with E-state index in [0.29, 0.717) is 0 Å². The van der Waals surface area contributed by atoms with Crippen LogP contribution in [-0.2, 0) is 9.53 Å². The average Bonchev–Trinajstić information content (AvgIpc) is 3.20. The van der Waals surface area contributed by atoms with Crippen LogP contribution in [0.2, 0.25) is 0 Å². The van der Waals surface area contributed by atoms with Crippen LogP contribution in [0.5, 0.6) is 0 Å². The molecule has 1 unspecified atom stereocenters. The van der Waals surface area contributed by atoms with E-state index in [0.717, 1.165) is 70.6 Å². The minimum absolute atomic E-state index is 0.182. The molecule has 3 rings (SSSR count). The Morgan fingerprint density at radius 1 is 1.04 bits per heavy atom. The van der Waals surface area contributed by atoms with Crippen molar-refractivity contribution < 1.29 is 9.53 Å². The summed E-state index contributed by atoms with van der Waals surface area (Å²) in [4.78, 5) is 21.7. The lowest BCUT2D eigenvalue weighted by atomic mass is 9.89. The number of hydrogen-bond acceptors (Lipinski definition) is 3. The highest BCUT2D eigenvalue weighted by molar-refractivity contribution is 5.82. The van der Waals surface area contributed by atoms with Gasteiger partial charge in [0, 0.05) is 45.9 Å². The molecule has 3 aliphatic rings. The van der Waals surface area contributed by atoms with Crippen molar-refractivity contribution >= 4 is 11.9 Å². The maximum absolute atomic E-state index is 12.5. The molecule has 3 fully saturated rings. The number of piperazine rings is 1. The van der Waals surface area contributed by atoms with Crippen LogP contribution in [0.4, 0.5) is 0 Å². The van der Waals surface area contributed by atoms with Crippen molar-refractivity contribution in [3.05, 3.63) is 0 Å². The van der Waals surface area contributed by atoms with Gasteiger partial charge in [-0.2, -0.15) is 0 Å². The normalized spacial score (nSPS) is 26.1. The predicted molar refractivity (Wildman–Crippen MR) is 99.7 cm³/mol. The molecule has 6 heteroatoms. The second-order valence-electron chi connectivity index (χ2n) is 7.51. The van der Waals surface area contributed by atoms with E-state index in [1.165, 1.54) is 32.1 Å². The molecule has 1 amide bonds. The fourth-order valence-corrected chi connectivity index (χ4v) is 4.13. The van der Waals surface area contributed by atoms with Crippen molar-refractivity contribution in [1.29, 1.82) is 0 Å². The Bertz CT molecular complexity index is 448. The number of nitrogens with zero attached hydrogens (tertiary/aromatic N) is 3. The molecule has 1 atom stereocenters. The van der Waals surface area contributed by atoms with Crippen LogP contribution < -0.4 is 5.32 Å². The van der Waals surface area contributed by atoms with Gasteiger partial charge in [0.2, 0.25) is 0 Å². The highest BCUT2D eigenvalue weighted by Gasteiger charge is 2.31. The van der Waals surface area contributed by atoms with Gasteiger partial charge in [-0.15, -0.1) is 0 Å². The van der Waals surface area contributed by atoms with Gasteiger partial charge in [0.1, 0.15) is 6.10 Å². The number of rotatable bonds is 4. The number of carbonyl (C=O) groups excluding carboxylic acids is 1. The fraction of sp³-hybridized carbons (Fsp3) is 0.895. The molecule has 2 saturated heterocycles. The third-order valence-corrected chi connectivity index (χ3v) is 5.65. The summed E-state index contributed by atoms with van der Waals surface area (Å²) >= 11 is 0. The lowest BCUT2D eigenvalue weighted by Gasteiger charge is -2.37. The molecule has 6 nitrogen and oxygen atoms in total. The standard InChI is InChI=1S/C19H34N4O2/c1-2-20-19(21-15-16-7-4-3-5-8-16)23-12-10-22(11-13-23)18(24)17-9-6-14-25-17/h16-17H,2-15H2,1H3,(H,20,21). The average molecular weight is 351 g/mol. The molecule has 1 N–H and O–H groups in total. The van der Waals surface area contributed by atoms with E-state index in [-0.39, 0.29) is 12.0 Å². The zero-order valence-corrected chi connectivity index (χ0v) is 15.7. The van der Waals surface area contributed by atoms with E-state index in [2.05, 4.69) is 17.1 Å². The molecule has 0 aromatic carbocycles. The van der Waals surface area contributed by atoms with E-state index < -0.39 is 0 Å². The van der Waals surface area contributed by atoms with Gasteiger partial charge in [0.15, 0.2) is 5.96 Å². The Morgan fingerprint density at radius 2 is 1.76 bits per heavy atom. The Morgan fingerprint density at radius 3 is 2.40 bits per heavy atom. The summed E-state index contributed by atoms with van der Waals surface area (Å²) in [5, 5.41) is 3.44. The molecular weight excluding hydrogens is 316 g/mol. The van der Waals surface area contributed by atoms with Crippen LogP contribution in [0.25, 0.3) is 0 Å². The van der Waals surface area contributed by atoms with Crippen LogP contribution in [-0.4, -0.2) is 73.6 Å². The van der Waals surface area contributed by atoms with Crippen molar-refractivity contribution in [3.8, 4) is 0 Å². The molecule has 0 aromatic rings. The Kier molecular flexibility index (Phi) is 6.96. The van der Waals surface area contributed by atoms with E-state index >= 15 is 0 Å². The zero-order valence-electron chi connectivity index (χ0n) is 15.7. The first kappa shape index (κ1) is 18.5.